The van der Waals surface area contributed by atoms with Gasteiger partial charge in [-0.05, 0) is 12.8 Å². The Kier molecular flexibility index (Phi) is 6.59. The molecule has 1 aromatic rings. The van der Waals surface area contributed by atoms with E-state index in [-0.39, 0.29) is 5.92 Å². The van der Waals surface area contributed by atoms with Gasteiger partial charge in [0, 0.05) is 12.4 Å². The molecule has 0 bridgehead atoms. The number of aliphatic carboxylic acids is 1. The molecule has 4 nitrogen and oxygen atoms in total. The minimum atomic E-state index is -0.671. The van der Waals surface area contributed by atoms with E-state index >= 15 is 0 Å². The summed E-state index contributed by atoms with van der Waals surface area (Å²) >= 11 is 0. The van der Waals surface area contributed by atoms with Crippen LogP contribution >= 0.6 is 0 Å². The average Bonchev–Trinajstić information content (AvgIpc) is 2.62. The molecule has 0 aliphatic rings. The highest BCUT2D eigenvalue weighted by Gasteiger charge is 2.10. The molecule has 1 heterocycles. The fourth-order valence-corrected chi connectivity index (χ4v) is 0.853. The van der Waals surface area contributed by atoms with Gasteiger partial charge in [-0.2, -0.15) is 0 Å². The molecule has 0 amide bonds. The second kappa shape index (κ2) is 7.34. The van der Waals surface area contributed by atoms with Crippen LogP contribution in [0.3, 0.4) is 0 Å². The van der Waals surface area contributed by atoms with Crippen LogP contribution in [0.5, 0.6) is 0 Å². The number of hydrogen-bond donors (Lipinski definition) is 2. The number of hydrogen-bond acceptors (Lipinski definition) is 2. The Labute approximate surface area is 78.0 Å². The first-order chi connectivity index (χ1) is 6.22. The predicted octanol–water partition coefficient (Wildman–Crippen LogP) is 1.92. The number of H-pyrrole nitrogens is 1. The normalized spacial score (nSPS) is 9.15. The van der Waals surface area contributed by atoms with Crippen LogP contribution in [0.4, 0.5) is 0 Å². The number of nitrogens with zero attached hydrogens (tertiary/aromatic N) is 1. The lowest BCUT2D eigenvalue weighted by molar-refractivity contribution is -0.141. The van der Waals surface area contributed by atoms with Crippen LogP contribution in [0.15, 0.2) is 18.7 Å². The molecule has 13 heavy (non-hydrogen) atoms. The van der Waals surface area contributed by atoms with Gasteiger partial charge in [-0.25, -0.2) is 4.98 Å². The topological polar surface area (TPSA) is 66.0 Å². The Bertz CT molecular complexity index is 188. The summed E-state index contributed by atoms with van der Waals surface area (Å²) in [5, 5.41) is 8.37. The van der Waals surface area contributed by atoms with Crippen LogP contribution < -0.4 is 0 Å². The van der Waals surface area contributed by atoms with Crippen molar-refractivity contribution in [2.24, 2.45) is 5.92 Å². The van der Waals surface area contributed by atoms with E-state index in [1.807, 2.05) is 13.8 Å². The fraction of sp³-hybridized carbons (Fsp3) is 0.556. The van der Waals surface area contributed by atoms with Gasteiger partial charge in [0.05, 0.1) is 12.2 Å². The van der Waals surface area contributed by atoms with Gasteiger partial charge in [-0.15, -0.1) is 0 Å². The Morgan fingerprint density at radius 1 is 1.54 bits per heavy atom. The first-order valence-electron chi connectivity index (χ1n) is 4.37. The summed E-state index contributed by atoms with van der Waals surface area (Å²) in [6.07, 6.45) is 6.57. The summed E-state index contributed by atoms with van der Waals surface area (Å²) in [6, 6.07) is 0. The van der Waals surface area contributed by atoms with E-state index in [2.05, 4.69) is 9.97 Å². The predicted molar refractivity (Wildman–Crippen MR) is 50.3 cm³/mol. The van der Waals surface area contributed by atoms with Gasteiger partial charge in [-0.3, -0.25) is 4.79 Å². The molecular weight excluding hydrogens is 168 g/mol. The maximum Gasteiger partial charge on any atom is 0.306 e. The largest absolute Gasteiger partial charge is 0.481 e. The van der Waals surface area contributed by atoms with E-state index < -0.39 is 5.97 Å². The van der Waals surface area contributed by atoms with Crippen molar-refractivity contribution in [3.05, 3.63) is 18.7 Å². The standard InChI is InChI=1S/C6H12O2.C3H4N2/c1-3-5(4-2)6(7)8;1-2-5-3-4-1/h5H,3-4H2,1-2H3,(H,7,8);1-3H,(H,4,5). The van der Waals surface area contributed by atoms with Gasteiger partial charge in [0.1, 0.15) is 0 Å². The Morgan fingerprint density at radius 2 is 2.15 bits per heavy atom. The molecule has 74 valence electrons. The molecule has 4 heteroatoms. The van der Waals surface area contributed by atoms with E-state index in [0.717, 1.165) is 12.8 Å². The zero-order chi connectivity index (χ0) is 10.1. The fourth-order valence-electron chi connectivity index (χ4n) is 0.853. The van der Waals surface area contributed by atoms with Gasteiger partial charge in [0.2, 0.25) is 0 Å². The van der Waals surface area contributed by atoms with Crippen molar-refractivity contribution in [2.45, 2.75) is 26.7 Å². The molecule has 0 saturated heterocycles. The van der Waals surface area contributed by atoms with Crippen molar-refractivity contribution >= 4 is 5.97 Å². The third kappa shape index (κ3) is 5.90. The molecular formula is C9H16N2O2. The highest BCUT2D eigenvalue weighted by atomic mass is 16.4. The summed E-state index contributed by atoms with van der Waals surface area (Å²) in [5.41, 5.74) is 0. The van der Waals surface area contributed by atoms with Crippen molar-refractivity contribution in [3.8, 4) is 0 Å². The molecule has 0 spiro atoms. The molecule has 0 fully saturated rings. The lowest BCUT2D eigenvalue weighted by atomic mass is 10.1. The Hall–Kier alpha value is -1.32. The molecule has 0 saturated carbocycles. The summed E-state index contributed by atoms with van der Waals surface area (Å²) in [4.78, 5) is 16.6. The van der Waals surface area contributed by atoms with Crippen molar-refractivity contribution in [3.63, 3.8) is 0 Å². The number of aromatic amines is 1. The third-order valence-electron chi connectivity index (χ3n) is 1.74. The first kappa shape index (κ1) is 11.7. The van der Waals surface area contributed by atoms with Crippen LogP contribution in [-0.2, 0) is 4.79 Å². The van der Waals surface area contributed by atoms with Crippen molar-refractivity contribution in [1.82, 2.24) is 9.97 Å². The van der Waals surface area contributed by atoms with Gasteiger partial charge < -0.3 is 10.1 Å². The second-order valence-corrected chi connectivity index (χ2v) is 2.61. The average molecular weight is 184 g/mol. The van der Waals surface area contributed by atoms with E-state index in [1.54, 1.807) is 18.7 Å². The number of nitrogens with one attached hydrogen (secondary N) is 1. The highest BCUT2D eigenvalue weighted by Crippen LogP contribution is 2.05. The van der Waals surface area contributed by atoms with Gasteiger partial charge in [0.15, 0.2) is 0 Å². The van der Waals surface area contributed by atoms with E-state index in [1.165, 1.54) is 0 Å². The second-order valence-electron chi connectivity index (χ2n) is 2.61. The molecule has 0 aliphatic heterocycles. The van der Waals surface area contributed by atoms with Gasteiger partial charge >= 0.3 is 5.97 Å². The third-order valence-corrected chi connectivity index (χ3v) is 1.74. The zero-order valence-electron chi connectivity index (χ0n) is 8.03. The molecule has 0 aliphatic carbocycles. The van der Waals surface area contributed by atoms with Crippen LogP contribution in [-0.4, -0.2) is 21.0 Å². The minimum Gasteiger partial charge on any atom is -0.481 e. The zero-order valence-corrected chi connectivity index (χ0v) is 8.03. The molecule has 2 N–H and O–H groups in total. The van der Waals surface area contributed by atoms with Crippen LogP contribution in [0, 0.1) is 5.92 Å². The minimum absolute atomic E-state index is 0.130. The highest BCUT2D eigenvalue weighted by molar-refractivity contribution is 5.69. The van der Waals surface area contributed by atoms with E-state index in [0.29, 0.717) is 0 Å². The maximum atomic E-state index is 10.2. The van der Waals surface area contributed by atoms with E-state index in [9.17, 15) is 4.79 Å². The number of imidazole rings is 1. The number of carbonyl (C=O) groups is 1. The summed E-state index contributed by atoms with van der Waals surface area (Å²) in [7, 11) is 0. The van der Waals surface area contributed by atoms with Crippen molar-refractivity contribution in [1.29, 1.82) is 0 Å². The Morgan fingerprint density at radius 3 is 2.23 bits per heavy atom. The first-order valence-corrected chi connectivity index (χ1v) is 4.37. The van der Waals surface area contributed by atoms with Gasteiger partial charge in [-0.1, -0.05) is 13.8 Å². The Balaban J connectivity index is 0.000000243. The smallest absolute Gasteiger partial charge is 0.306 e. The molecule has 0 aromatic carbocycles. The summed E-state index contributed by atoms with van der Waals surface area (Å²) in [6.45, 7) is 3.78. The monoisotopic (exact) mass is 184 g/mol. The SMILES string of the molecule is CCC(CC)C(=O)O.c1c[nH]cn1. The van der Waals surface area contributed by atoms with Crippen LogP contribution in [0.25, 0.3) is 0 Å². The summed E-state index contributed by atoms with van der Waals surface area (Å²) < 4.78 is 0. The van der Waals surface area contributed by atoms with Gasteiger partial charge in [0.25, 0.3) is 0 Å². The van der Waals surface area contributed by atoms with Crippen LogP contribution in [0.1, 0.15) is 26.7 Å². The van der Waals surface area contributed by atoms with Crippen LogP contribution in [0.2, 0.25) is 0 Å². The molecule has 0 radical (unpaired) electrons. The number of carboxylic acid groups (broad SMARTS) is 1. The van der Waals surface area contributed by atoms with E-state index in [4.69, 9.17) is 5.11 Å². The lowest BCUT2D eigenvalue weighted by Crippen LogP contribution is -2.10. The van der Waals surface area contributed by atoms with Crippen molar-refractivity contribution in [2.75, 3.05) is 0 Å². The summed E-state index contributed by atoms with van der Waals surface area (Å²) in [5.74, 6) is -0.801. The molecule has 0 atom stereocenters. The maximum absolute atomic E-state index is 10.2. The molecule has 1 rings (SSSR count). The molecule has 1 aromatic heterocycles. The quantitative estimate of drug-likeness (QED) is 0.754. The lowest BCUT2D eigenvalue weighted by Gasteiger charge is -2.02. The van der Waals surface area contributed by atoms with Crippen molar-refractivity contribution < 1.29 is 9.90 Å². The molecule has 0 unspecified atom stereocenters. The number of aromatic nitrogens is 2. The number of carboxylic acids is 1. The number of rotatable bonds is 3.